The second kappa shape index (κ2) is 8.47. The predicted octanol–water partition coefficient (Wildman–Crippen LogP) is 1.84. The minimum Gasteiger partial charge on any atom is -0.480 e. The summed E-state index contributed by atoms with van der Waals surface area (Å²) in [7, 11) is 0. The van der Waals surface area contributed by atoms with Crippen LogP contribution in [0.4, 0.5) is 0 Å². The van der Waals surface area contributed by atoms with Crippen molar-refractivity contribution in [3.05, 3.63) is 11.1 Å². The molecular formula is C10H16ClNO3S. The van der Waals surface area contributed by atoms with E-state index in [1.54, 1.807) is 11.8 Å². The maximum absolute atomic E-state index is 10.8. The molecule has 0 bridgehead atoms. The molecule has 0 aromatic heterocycles. The van der Waals surface area contributed by atoms with Gasteiger partial charge in [0.2, 0.25) is 5.91 Å². The number of nitrogens with one attached hydrogen (secondary N) is 1. The quantitative estimate of drug-likeness (QED) is 0.690. The van der Waals surface area contributed by atoms with Crippen molar-refractivity contribution < 1.29 is 14.7 Å². The van der Waals surface area contributed by atoms with Crippen molar-refractivity contribution >= 4 is 35.2 Å². The fourth-order valence-electron chi connectivity index (χ4n) is 0.969. The predicted molar refractivity (Wildman–Crippen MR) is 66.8 cm³/mol. The average molecular weight is 266 g/mol. The van der Waals surface area contributed by atoms with Crippen molar-refractivity contribution in [3.8, 4) is 0 Å². The maximum Gasteiger partial charge on any atom is 0.326 e. The van der Waals surface area contributed by atoms with E-state index in [1.165, 1.54) is 12.5 Å². The van der Waals surface area contributed by atoms with Gasteiger partial charge in [0.25, 0.3) is 0 Å². The minimum absolute atomic E-state index is 0.325. The van der Waals surface area contributed by atoms with E-state index < -0.39 is 12.0 Å². The molecule has 1 unspecified atom stereocenters. The number of thioether (sulfide) groups is 1. The lowest BCUT2D eigenvalue weighted by Gasteiger charge is -2.12. The van der Waals surface area contributed by atoms with Crippen LogP contribution in [-0.2, 0) is 9.59 Å². The number of hydrogen-bond acceptors (Lipinski definition) is 3. The smallest absolute Gasteiger partial charge is 0.326 e. The van der Waals surface area contributed by atoms with E-state index >= 15 is 0 Å². The van der Waals surface area contributed by atoms with E-state index in [1.807, 2.05) is 6.92 Å². The second-order valence-electron chi connectivity index (χ2n) is 3.39. The summed E-state index contributed by atoms with van der Waals surface area (Å²) in [5.41, 5.74) is 2.55. The van der Waals surface area contributed by atoms with Crippen molar-refractivity contribution in [2.75, 3.05) is 11.5 Å². The van der Waals surface area contributed by atoms with Crippen LogP contribution in [0.3, 0.4) is 0 Å². The third kappa shape index (κ3) is 7.59. The zero-order valence-electron chi connectivity index (χ0n) is 9.33. The summed E-state index contributed by atoms with van der Waals surface area (Å²) in [6.45, 7) is 3.21. The summed E-state index contributed by atoms with van der Waals surface area (Å²) < 4.78 is 0. The first-order valence-corrected chi connectivity index (χ1v) is 6.40. The highest BCUT2D eigenvalue weighted by atomic mass is 35.5. The van der Waals surface area contributed by atoms with Gasteiger partial charge in [0.05, 0.1) is 0 Å². The Morgan fingerprint density at radius 3 is 2.56 bits per heavy atom. The first-order chi connectivity index (χ1) is 7.47. The van der Waals surface area contributed by atoms with Gasteiger partial charge in [-0.1, -0.05) is 17.2 Å². The molecule has 0 saturated heterocycles. The van der Waals surface area contributed by atoms with E-state index in [4.69, 9.17) is 16.7 Å². The Hall–Kier alpha value is -0.680. The van der Waals surface area contributed by atoms with Gasteiger partial charge in [-0.15, -0.1) is 0 Å². The van der Waals surface area contributed by atoms with Gasteiger partial charge in [-0.25, -0.2) is 4.79 Å². The van der Waals surface area contributed by atoms with Crippen molar-refractivity contribution in [2.24, 2.45) is 0 Å². The van der Waals surface area contributed by atoms with Gasteiger partial charge in [-0.3, -0.25) is 4.79 Å². The molecule has 1 atom stereocenters. The van der Waals surface area contributed by atoms with E-state index in [0.29, 0.717) is 12.2 Å². The van der Waals surface area contributed by atoms with Crippen LogP contribution in [0, 0.1) is 0 Å². The Balaban J connectivity index is 3.85. The molecule has 0 aliphatic carbocycles. The number of carboxylic acid groups (broad SMARTS) is 1. The zero-order chi connectivity index (χ0) is 12.6. The van der Waals surface area contributed by atoms with Gasteiger partial charge in [0.15, 0.2) is 0 Å². The summed E-state index contributed by atoms with van der Waals surface area (Å²) in [6, 6.07) is -0.801. The number of aliphatic carboxylic acids is 1. The summed E-state index contributed by atoms with van der Waals surface area (Å²) >= 11 is 7.08. The van der Waals surface area contributed by atoms with Crippen molar-refractivity contribution in [1.82, 2.24) is 5.32 Å². The molecule has 1 amide bonds. The van der Waals surface area contributed by atoms with Crippen LogP contribution in [0.15, 0.2) is 11.1 Å². The molecule has 0 aromatic rings. The lowest BCUT2D eigenvalue weighted by Crippen LogP contribution is -2.39. The van der Waals surface area contributed by atoms with Crippen molar-refractivity contribution in [3.63, 3.8) is 0 Å². The average Bonchev–Trinajstić information content (AvgIpc) is 2.21. The normalized spacial score (nSPS) is 13.3. The van der Waals surface area contributed by atoms with Crippen molar-refractivity contribution in [1.29, 1.82) is 0 Å². The molecule has 6 heteroatoms. The molecule has 0 rings (SSSR count). The molecule has 0 radical (unpaired) electrons. The van der Waals surface area contributed by atoms with Crippen molar-refractivity contribution in [2.45, 2.75) is 26.3 Å². The number of halogens is 1. The molecular weight excluding hydrogens is 250 g/mol. The topological polar surface area (TPSA) is 66.4 Å². The summed E-state index contributed by atoms with van der Waals surface area (Å²) in [5.74, 6) is 0.115. The van der Waals surface area contributed by atoms with E-state index in [0.717, 1.165) is 11.3 Å². The fraction of sp³-hybridized carbons (Fsp3) is 0.600. The third-order valence-electron chi connectivity index (χ3n) is 1.74. The molecule has 0 heterocycles. The molecule has 16 heavy (non-hydrogen) atoms. The van der Waals surface area contributed by atoms with Gasteiger partial charge in [-0.05, 0) is 19.1 Å². The number of carbonyl (C=O) groups is 2. The summed E-state index contributed by atoms with van der Waals surface area (Å²) in [4.78, 5) is 21.5. The Morgan fingerprint density at radius 1 is 1.50 bits per heavy atom. The van der Waals surface area contributed by atoms with Crippen LogP contribution in [-0.4, -0.2) is 34.5 Å². The molecule has 4 nitrogen and oxygen atoms in total. The Morgan fingerprint density at radius 2 is 2.12 bits per heavy atom. The number of carbonyl (C=O) groups excluding carboxylic acids is 1. The molecule has 2 N–H and O–H groups in total. The number of hydrogen-bond donors (Lipinski definition) is 2. The van der Waals surface area contributed by atoms with Gasteiger partial charge in [0, 0.05) is 18.2 Å². The van der Waals surface area contributed by atoms with Gasteiger partial charge >= 0.3 is 5.97 Å². The zero-order valence-corrected chi connectivity index (χ0v) is 10.9. The molecule has 0 aromatic carbocycles. The van der Waals surface area contributed by atoms with Gasteiger partial charge in [0.1, 0.15) is 6.04 Å². The third-order valence-corrected chi connectivity index (χ3v) is 3.30. The van der Waals surface area contributed by atoms with E-state index in [-0.39, 0.29) is 5.91 Å². The number of carboxylic acids is 1. The SMILES string of the molecule is CC(=O)NC(CCSCC(C)=CCl)C(=O)O. The Labute approximate surface area is 104 Å². The number of amides is 1. The van der Waals surface area contributed by atoms with Crippen LogP contribution in [0.5, 0.6) is 0 Å². The largest absolute Gasteiger partial charge is 0.480 e. The van der Waals surface area contributed by atoms with E-state index in [9.17, 15) is 9.59 Å². The molecule has 92 valence electrons. The van der Waals surface area contributed by atoms with Crippen LogP contribution in [0.25, 0.3) is 0 Å². The first-order valence-electron chi connectivity index (χ1n) is 4.81. The lowest BCUT2D eigenvalue weighted by molar-refractivity contribution is -0.141. The van der Waals surface area contributed by atoms with Crippen LogP contribution in [0.1, 0.15) is 20.3 Å². The standard InChI is InChI=1S/C10H16ClNO3S/c1-7(5-11)6-16-4-3-9(10(14)15)12-8(2)13/h5,9H,3-4,6H2,1-2H3,(H,12,13)(H,14,15). The molecule has 0 saturated carbocycles. The Kier molecular flexibility index (Phi) is 8.11. The van der Waals surface area contributed by atoms with Crippen LogP contribution < -0.4 is 5.32 Å². The molecule has 0 fully saturated rings. The lowest BCUT2D eigenvalue weighted by atomic mass is 10.2. The molecule has 0 spiro atoms. The first kappa shape index (κ1) is 15.3. The molecule has 0 aliphatic heterocycles. The summed E-state index contributed by atoms with van der Waals surface area (Å²) in [6.07, 6.45) is 0.412. The second-order valence-corrected chi connectivity index (χ2v) is 4.71. The highest BCUT2D eigenvalue weighted by molar-refractivity contribution is 7.99. The summed E-state index contributed by atoms with van der Waals surface area (Å²) in [5, 5.41) is 11.2. The fourth-order valence-corrected chi connectivity index (χ4v) is 2.09. The van der Waals surface area contributed by atoms with Gasteiger partial charge in [-0.2, -0.15) is 11.8 Å². The Bertz CT molecular complexity index is 281. The molecule has 0 aliphatic rings. The van der Waals surface area contributed by atoms with E-state index in [2.05, 4.69) is 5.32 Å². The van der Waals surface area contributed by atoms with Gasteiger partial charge < -0.3 is 10.4 Å². The van der Waals surface area contributed by atoms with Crippen LogP contribution >= 0.6 is 23.4 Å². The van der Waals surface area contributed by atoms with Crippen LogP contribution in [0.2, 0.25) is 0 Å². The number of rotatable bonds is 7. The highest BCUT2D eigenvalue weighted by Crippen LogP contribution is 2.10. The highest BCUT2D eigenvalue weighted by Gasteiger charge is 2.17. The monoisotopic (exact) mass is 265 g/mol. The minimum atomic E-state index is -1.000. The maximum atomic E-state index is 10.8.